The molecule has 3 N–H and O–H groups in total. The Labute approximate surface area is 118 Å². The molecule has 0 heterocycles. The summed E-state index contributed by atoms with van der Waals surface area (Å²) in [4.78, 5) is 13.7. The molecule has 0 spiro atoms. The number of nitrogens with two attached hydrogens (primary N) is 1. The highest BCUT2D eigenvalue weighted by Crippen LogP contribution is 2.36. The summed E-state index contributed by atoms with van der Waals surface area (Å²) in [5, 5.41) is 3.15. The SMILES string of the molecule is CCNC(CCN(C)C1CCC(C)(C)CC1)C(N)=O. The number of hydrogen-bond donors (Lipinski definition) is 2. The second-order valence-corrected chi connectivity index (χ2v) is 6.68. The van der Waals surface area contributed by atoms with Crippen LogP contribution < -0.4 is 11.1 Å². The Hall–Kier alpha value is -0.610. The molecule has 1 atom stereocenters. The topological polar surface area (TPSA) is 58.4 Å². The van der Waals surface area contributed by atoms with Gasteiger partial charge in [-0.1, -0.05) is 20.8 Å². The van der Waals surface area contributed by atoms with Crippen molar-refractivity contribution in [2.45, 2.75) is 65.0 Å². The Morgan fingerprint density at radius 3 is 2.47 bits per heavy atom. The zero-order valence-corrected chi connectivity index (χ0v) is 13.0. The minimum Gasteiger partial charge on any atom is -0.368 e. The molecule has 1 unspecified atom stereocenters. The normalized spacial score (nSPS) is 21.5. The van der Waals surface area contributed by atoms with Gasteiger partial charge in [-0.15, -0.1) is 0 Å². The van der Waals surface area contributed by atoms with Crippen molar-refractivity contribution in [3.8, 4) is 0 Å². The van der Waals surface area contributed by atoms with E-state index in [4.69, 9.17) is 5.73 Å². The van der Waals surface area contributed by atoms with Crippen molar-refractivity contribution in [3.05, 3.63) is 0 Å². The van der Waals surface area contributed by atoms with E-state index in [1.54, 1.807) is 0 Å². The van der Waals surface area contributed by atoms with Gasteiger partial charge in [-0.2, -0.15) is 0 Å². The molecule has 0 aromatic carbocycles. The predicted molar refractivity (Wildman–Crippen MR) is 79.9 cm³/mol. The average Bonchev–Trinajstić information content (AvgIpc) is 2.33. The molecule has 4 nitrogen and oxygen atoms in total. The molecule has 0 aromatic heterocycles. The van der Waals surface area contributed by atoms with Gasteiger partial charge in [0, 0.05) is 12.6 Å². The summed E-state index contributed by atoms with van der Waals surface area (Å²) >= 11 is 0. The molecule has 1 rings (SSSR count). The summed E-state index contributed by atoms with van der Waals surface area (Å²) in [6, 6.07) is 0.482. The zero-order valence-electron chi connectivity index (χ0n) is 13.0. The number of carbonyl (C=O) groups is 1. The average molecular weight is 269 g/mol. The molecule has 4 heteroatoms. The van der Waals surface area contributed by atoms with Gasteiger partial charge in [-0.25, -0.2) is 0 Å². The standard InChI is InChI=1S/C15H31N3O/c1-5-17-13(14(16)19)8-11-18(4)12-6-9-15(2,3)10-7-12/h12-13,17H,5-11H2,1-4H3,(H2,16,19). The summed E-state index contributed by atoms with van der Waals surface area (Å²) in [7, 11) is 2.17. The first-order valence-electron chi connectivity index (χ1n) is 7.58. The summed E-state index contributed by atoms with van der Waals surface area (Å²) < 4.78 is 0. The van der Waals surface area contributed by atoms with Crippen LogP contribution in [0.3, 0.4) is 0 Å². The highest BCUT2D eigenvalue weighted by atomic mass is 16.1. The van der Waals surface area contributed by atoms with Gasteiger partial charge in [0.2, 0.25) is 5.91 Å². The maximum absolute atomic E-state index is 11.3. The number of rotatable bonds is 7. The van der Waals surface area contributed by atoms with Crippen LogP contribution >= 0.6 is 0 Å². The lowest BCUT2D eigenvalue weighted by Gasteiger charge is -2.39. The van der Waals surface area contributed by atoms with Gasteiger partial charge in [-0.3, -0.25) is 4.79 Å². The molecule has 112 valence electrons. The first kappa shape index (κ1) is 16.4. The zero-order chi connectivity index (χ0) is 14.5. The summed E-state index contributed by atoms with van der Waals surface area (Å²) in [6.45, 7) is 8.44. The molecule has 0 radical (unpaired) electrons. The van der Waals surface area contributed by atoms with Crippen molar-refractivity contribution >= 4 is 5.91 Å². The van der Waals surface area contributed by atoms with E-state index in [0.717, 1.165) is 19.5 Å². The van der Waals surface area contributed by atoms with Crippen LogP contribution in [0.2, 0.25) is 0 Å². The van der Waals surface area contributed by atoms with E-state index in [2.05, 4.69) is 31.1 Å². The molecule has 1 amide bonds. The van der Waals surface area contributed by atoms with Crippen molar-refractivity contribution in [2.75, 3.05) is 20.1 Å². The number of carbonyl (C=O) groups excluding carboxylic acids is 1. The quantitative estimate of drug-likeness (QED) is 0.740. The third-order valence-corrected chi connectivity index (χ3v) is 4.50. The monoisotopic (exact) mass is 269 g/mol. The fourth-order valence-electron chi connectivity index (χ4n) is 2.93. The first-order chi connectivity index (χ1) is 8.85. The Balaban J connectivity index is 2.34. The molecule has 0 saturated heterocycles. The van der Waals surface area contributed by atoms with Crippen molar-refractivity contribution in [1.29, 1.82) is 0 Å². The van der Waals surface area contributed by atoms with Crippen LogP contribution in [0.4, 0.5) is 0 Å². The maximum Gasteiger partial charge on any atom is 0.234 e. The lowest BCUT2D eigenvalue weighted by atomic mass is 9.75. The molecule has 0 aliphatic heterocycles. The third kappa shape index (κ3) is 5.49. The van der Waals surface area contributed by atoms with Crippen LogP contribution in [0.25, 0.3) is 0 Å². The fourth-order valence-corrected chi connectivity index (χ4v) is 2.93. The van der Waals surface area contributed by atoms with Gasteiger partial charge in [0.1, 0.15) is 0 Å². The van der Waals surface area contributed by atoms with E-state index in [-0.39, 0.29) is 11.9 Å². The molecule has 19 heavy (non-hydrogen) atoms. The summed E-state index contributed by atoms with van der Waals surface area (Å²) in [5.41, 5.74) is 5.91. The molecule has 1 aliphatic rings. The highest BCUT2D eigenvalue weighted by Gasteiger charge is 2.29. The minimum atomic E-state index is -0.236. The van der Waals surface area contributed by atoms with Crippen LogP contribution in [-0.2, 0) is 4.79 Å². The van der Waals surface area contributed by atoms with Gasteiger partial charge in [0.05, 0.1) is 6.04 Å². The second-order valence-electron chi connectivity index (χ2n) is 6.68. The Kier molecular flexibility index (Phi) is 6.27. The second kappa shape index (κ2) is 7.25. The van der Waals surface area contributed by atoms with E-state index >= 15 is 0 Å². The van der Waals surface area contributed by atoms with Crippen molar-refractivity contribution in [3.63, 3.8) is 0 Å². The lowest BCUT2D eigenvalue weighted by Crippen LogP contribution is -2.45. The van der Waals surface area contributed by atoms with Crippen molar-refractivity contribution < 1.29 is 4.79 Å². The summed E-state index contributed by atoms with van der Waals surface area (Å²) in [6.07, 6.45) is 5.94. The Morgan fingerprint density at radius 1 is 1.42 bits per heavy atom. The van der Waals surface area contributed by atoms with E-state index in [1.807, 2.05) is 6.92 Å². The van der Waals surface area contributed by atoms with Crippen molar-refractivity contribution in [1.82, 2.24) is 10.2 Å². The molecular formula is C15H31N3O. The van der Waals surface area contributed by atoms with Crippen LogP contribution in [-0.4, -0.2) is 43.0 Å². The largest absolute Gasteiger partial charge is 0.368 e. The summed E-state index contributed by atoms with van der Waals surface area (Å²) in [5.74, 6) is -0.236. The number of nitrogens with one attached hydrogen (secondary N) is 1. The number of hydrogen-bond acceptors (Lipinski definition) is 3. The molecule has 1 saturated carbocycles. The van der Waals surface area contributed by atoms with Crippen LogP contribution in [0.5, 0.6) is 0 Å². The number of nitrogens with zero attached hydrogens (tertiary/aromatic N) is 1. The maximum atomic E-state index is 11.3. The predicted octanol–water partition coefficient (Wildman–Crippen LogP) is 1.74. The van der Waals surface area contributed by atoms with Gasteiger partial charge in [0.25, 0.3) is 0 Å². The fraction of sp³-hybridized carbons (Fsp3) is 0.933. The van der Waals surface area contributed by atoms with E-state index in [9.17, 15) is 4.79 Å². The van der Waals surface area contributed by atoms with E-state index in [1.165, 1.54) is 25.7 Å². The number of primary amides is 1. The Bertz CT molecular complexity index is 281. The minimum absolute atomic E-state index is 0.188. The number of likely N-dealkylation sites (N-methyl/N-ethyl adjacent to an activating group) is 1. The smallest absolute Gasteiger partial charge is 0.234 e. The van der Waals surface area contributed by atoms with Crippen LogP contribution in [0.15, 0.2) is 0 Å². The van der Waals surface area contributed by atoms with Gasteiger partial charge >= 0.3 is 0 Å². The van der Waals surface area contributed by atoms with Crippen molar-refractivity contribution in [2.24, 2.45) is 11.1 Å². The van der Waals surface area contributed by atoms with Gasteiger partial charge < -0.3 is 16.0 Å². The van der Waals surface area contributed by atoms with Gasteiger partial charge in [-0.05, 0) is 51.1 Å². The third-order valence-electron chi connectivity index (χ3n) is 4.50. The number of amides is 1. The highest BCUT2D eigenvalue weighted by molar-refractivity contribution is 5.79. The van der Waals surface area contributed by atoms with Gasteiger partial charge in [0.15, 0.2) is 0 Å². The van der Waals surface area contributed by atoms with Crippen LogP contribution in [0, 0.1) is 5.41 Å². The molecule has 0 aromatic rings. The molecular weight excluding hydrogens is 238 g/mol. The molecule has 1 aliphatic carbocycles. The molecule has 0 bridgehead atoms. The Morgan fingerprint density at radius 2 is 2.00 bits per heavy atom. The van der Waals surface area contributed by atoms with E-state index < -0.39 is 0 Å². The molecule has 1 fully saturated rings. The lowest BCUT2D eigenvalue weighted by molar-refractivity contribution is -0.120. The van der Waals surface area contributed by atoms with Crippen LogP contribution in [0.1, 0.15) is 52.9 Å². The first-order valence-corrected chi connectivity index (χ1v) is 7.58. The van der Waals surface area contributed by atoms with E-state index in [0.29, 0.717) is 11.5 Å².